The fraction of sp³-hybridized carbons (Fsp3) is 0.404. The zero-order valence-electron chi connectivity index (χ0n) is 45.9. The van der Waals surface area contributed by atoms with Crippen molar-refractivity contribution in [1.82, 2.24) is 27.4 Å². The van der Waals surface area contributed by atoms with E-state index in [0.29, 0.717) is 27.4 Å². The lowest BCUT2D eigenvalue weighted by Gasteiger charge is -2.19. The molecular formula is C52H59N7O29. The minimum atomic E-state index is -1.69. The number of benzene rings is 3. The highest BCUT2D eigenvalue weighted by atomic mass is 16.6. The van der Waals surface area contributed by atoms with Crippen LogP contribution >= 0.6 is 0 Å². The lowest BCUT2D eigenvalue weighted by atomic mass is 10.1. The number of phenolic OH excluding ortho intramolecular Hbond substituents is 2. The van der Waals surface area contributed by atoms with Gasteiger partial charge in [-0.2, -0.15) is 5.26 Å². The Kier molecular flexibility index (Phi) is 27.4. The number of rotatable bonds is 30. The Morgan fingerprint density at radius 3 is 0.739 bits per heavy atom. The first-order valence-corrected chi connectivity index (χ1v) is 25.6. The van der Waals surface area contributed by atoms with E-state index >= 15 is 0 Å². The molecule has 0 saturated heterocycles. The van der Waals surface area contributed by atoms with E-state index in [2.05, 4.69) is 14.2 Å². The third-order valence-corrected chi connectivity index (χ3v) is 11.5. The number of phenols is 2. The van der Waals surface area contributed by atoms with Gasteiger partial charge in [-0.3, -0.25) is 0 Å². The van der Waals surface area contributed by atoms with Crippen LogP contribution in [0.4, 0.5) is 0 Å². The fourth-order valence-electron chi connectivity index (χ4n) is 7.23. The number of nitrogens with zero attached hydrogens (tertiary/aromatic N) is 7. The van der Waals surface area contributed by atoms with Gasteiger partial charge < -0.3 is 84.6 Å². The van der Waals surface area contributed by atoms with Gasteiger partial charge in [0.15, 0.2) is 0 Å². The molecule has 88 heavy (non-hydrogen) atoms. The molecule has 476 valence electrons. The second-order valence-electron chi connectivity index (χ2n) is 18.4. The third-order valence-electron chi connectivity index (χ3n) is 11.5. The Morgan fingerprint density at radius 1 is 0.352 bits per heavy atom. The summed E-state index contributed by atoms with van der Waals surface area (Å²) in [5, 5.41) is 116. The Hall–Kier alpha value is -9.97. The van der Waals surface area contributed by atoms with Crippen molar-refractivity contribution in [2.75, 3.05) is 59.5 Å². The summed E-state index contributed by atoms with van der Waals surface area (Å²) in [4.78, 5) is 149. The summed E-state index contributed by atoms with van der Waals surface area (Å²) in [5.74, 6) is -6.25. The van der Waals surface area contributed by atoms with Crippen LogP contribution in [-0.2, 0) is 82.1 Å². The number of aromatic nitrogens is 6. The molecule has 2 heterocycles. The number of nitriles is 1. The molecule has 0 aliphatic carbocycles. The maximum absolute atomic E-state index is 13.4. The third kappa shape index (κ3) is 21.2. The van der Waals surface area contributed by atoms with Crippen LogP contribution in [0.3, 0.4) is 0 Å². The van der Waals surface area contributed by atoms with Crippen molar-refractivity contribution in [2.24, 2.45) is 0 Å². The Bertz CT molecular complexity index is 3370. The van der Waals surface area contributed by atoms with Gasteiger partial charge in [-0.15, -0.1) is 0 Å². The Morgan fingerprint density at radius 2 is 0.545 bits per heavy atom. The number of aliphatic hydroxyl groups excluding tert-OH is 9. The predicted octanol–water partition coefficient (Wildman–Crippen LogP) is -8.03. The predicted molar refractivity (Wildman–Crippen MR) is 287 cm³/mol. The molecule has 0 aliphatic heterocycles. The molecule has 0 aliphatic rings. The number of ether oxygens (including phenoxy) is 6. The molecule has 36 heteroatoms. The highest BCUT2D eigenvalue weighted by Crippen LogP contribution is 2.13. The molecule has 0 radical (unpaired) electrons. The summed E-state index contributed by atoms with van der Waals surface area (Å²) in [5.41, 5.74) is -7.59. The lowest BCUT2D eigenvalue weighted by molar-refractivity contribution is -0.150. The van der Waals surface area contributed by atoms with E-state index in [0.717, 1.165) is 0 Å². The number of carbonyl (C=O) groups excluding carboxylic acids is 6. The molecule has 11 N–H and O–H groups in total. The van der Waals surface area contributed by atoms with E-state index in [4.69, 9.17) is 34.8 Å². The first kappa shape index (κ1) is 70.5. The zero-order valence-corrected chi connectivity index (χ0v) is 45.9. The number of hydrogen-bond donors (Lipinski definition) is 11. The molecular weight excluding hydrogens is 1190 g/mol. The van der Waals surface area contributed by atoms with Crippen LogP contribution in [0.5, 0.6) is 11.5 Å². The van der Waals surface area contributed by atoms with Crippen molar-refractivity contribution in [1.29, 1.82) is 5.26 Å². The summed E-state index contributed by atoms with van der Waals surface area (Å²) in [6.45, 7) is -12.4. The van der Waals surface area contributed by atoms with Gasteiger partial charge in [0, 0.05) is 0 Å². The largest absolute Gasteiger partial charge is 0.508 e. The van der Waals surface area contributed by atoms with Crippen molar-refractivity contribution < 1.29 is 113 Å². The standard InChI is InChI=1S/C34H32N4O14.C18H27N3O15/c35-13-20-1-3-21(4-2-20)29(44)50-17-26(41)14-36-32(47)37(15-27(42)18-51-30(45)22-5-9-24(39)10-6-22)34(49)38(33(36)48)16-28(43)19-52-31(46)23-7-11-25(40)12-8-23;22-4-13(28)34-7-10(25)1-19-16(31)20(2-11(26)8-35-14(29)5-23)18(33)21(17(19)32)3-12(27)9-36-15(30)6-24/h1-12,26-28,39-43H,14-19H2;10-12,22-27H,1-9H2. The van der Waals surface area contributed by atoms with Crippen LogP contribution in [0.2, 0.25) is 0 Å². The molecule has 3 aromatic carbocycles. The quantitative estimate of drug-likeness (QED) is 0.0150. The minimum Gasteiger partial charge on any atom is -0.508 e. The van der Waals surface area contributed by atoms with Crippen molar-refractivity contribution in [3.63, 3.8) is 0 Å². The molecule has 36 nitrogen and oxygen atoms in total. The molecule has 6 atom stereocenters. The minimum absolute atomic E-state index is 0.0204. The molecule has 0 spiro atoms. The maximum atomic E-state index is 13.4. The smallest absolute Gasteiger partial charge is 0.338 e. The van der Waals surface area contributed by atoms with Gasteiger partial charge in [-0.25, -0.2) is 84.9 Å². The topological polar surface area (TPSA) is 536 Å². The van der Waals surface area contributed by atoms with E-state index in [-0.39, 0.29) is 33.8 Å². The maximum Gasteiger partial charge on any atom is 0.338 e. The first-order chi connectivity index (χ1) is 41.7. The van der Waals surface area contributed by atoms with Crippen LogP contribution in [0.15, 0.2) is 102 Å². The number of esters is 6. The molecule has 0 fully saturated rings. The molecule has 5 aromatic rings. The van der Waals surface area contributed by atoms with Gasteiger partial charge in [0.25, 0.3) is 0 Å². The van der Waals surface area contributed by atoms with Gasteiger partial charge in [-0.1, -0.05) is 0 Å². The van der Waals surface area contributed by atoms with Crippen molar-refractivity contribution in [3.8, 4) is 17.6 Å². The first-order valence-electron chi connectivity index (χ1n) is 25.6. The second-order valence-corrected chi connectivity index (χ2v) is 18.4. The van der Waals surface area contributed by atoms with Crippen molar-refractivity contribution in [2.45, 2.75) is 75.9 Å². The summed E-state index contributed by atoms with van der Waals surface area (Å²) in [7, 11) is 0. The van der Waals surface area contributed by atoms with Gasteiger partial charge in [0.2, 0.25) is 0 Å². The van der Waals surface area contributed by atoms with Gasteiger partial charge >= 0.3 is 70.0 Å². The molecule has 0 saturated carbocycles. The van der Waals surface area contributed by atoms with Gasteiger partial charge in [-0.05, 0) is 72.8 Å². The second kappa shape index (κ2) is 34.2. The lowest BCUT2D eigenvalue weighted by Crippen LogP contribution is -2.57. The number of aromatic hydroxyl groups is 2. The van der Waals surface area contributed by atoms with Crippen LogP contribution in [0, 0.1) is 11.3 Å². The number of aliphatic hydroxyl groups is 9. The normalized spacial score (nSPS) is 13.0. The van der Waals surface area contributed by atoms with E-state index < -0.39 is 205 Å². The highest BCUT2D eigenvalue weighted by Gasteiger charge is 2.26. The summed E-state index contributed by atoms with van der Waals surface area (Å²) >= 11 is 0. The fourth-order valence-corrected chi connectivity index (χ4v) is 7.23. The average molecular weight is 1250 g/mol. The molecule has 0 bridgehead atoms. The molecule has 0 amide bonds. The van der Waals surface area contributed by atoms with Crippen LogP contribution < -0.4 is 34.1 Å². The van der Waals surface area contributed by atoms with E-state index in [1.807, 2.05) is 6.07 Å². The Labute approximate surface area is 491 Å². The molecule has 2 aromatic heterocycles. The SMILES string of the molecule is N#Cc1ccc(C(=O)OCC(O)Cn2c(=O)n(CC(O)COC(=O)c3ccc(O)cc3)c(=O)n(CC(O)COC(=O)c3ccc(O)cc3)c2=O)cc1.O=C(CO)OCC(O)Cn1c(=O)n(CC(O)COC(=O)CO)c(=O)n(CC(O)COC(=O)CO)c1=O. The number of hydrogen-bond acceptors (Lipinski definition) is 30. The molecule has 6 unspecified atom stereocenters. The Balaban J connectivity index is 0.000000404. The highest BCUT2D eigenvalue weighted by molar-refractivity contribution is 5.90. The molecule has 5 rings (SSSR count). The van der Waals surface area contributed by atoms with Crippen molar-refractivity contribution in [3.05, 3.63) is 158 Å². The van der Waals surface area contributed by atoms with Crippen molar-refractivity contribution >= 4 is 35.8 Å². The van der Waals surface area contributed by atoms with E-state index in [1.165, 1.54) is 72.8 Å². The van der Waals surface area contributed by atoms with Crippen LogP contribution in [0.25, 0.3) is 0 Å². The zero-order chi connectivity index (χ0) is 65.4. The van der Waals surface area contributed by atoms with E-state index in [1.54, 1.807) is 0 Å². The average Bonchev–Trinajstić information content (AvgIpc) is 1.05. The number of carbonyl (C=O) groups is 6. The summed E-state index contributed by atoms with van der Waals surface area (Å²) in [6.07, 6.45) is -10.1. The van der Waals surface area contributed by atoms with E-state index in [9.17, 15) is 98.4 Å². The van der Waals surface area contributed by atoms with Gasteiger partial charge in [0.05, 0.1) is 67.6 Å². The monoisotopic (exact) mass is 1250 g/mol. The summed E-state index contributed by atoms with van der Waals surface area (Å²) < 4.78 is 30.8. The van der Waals surface area contributed by atoms with Gasteiger partial charge in [0.1, 0.15) is 108 Å². The van der Waals surface area contributed by atoms with Crippen LogP contribution in [-0.4, -0.2) is 215 Å². The summed E-state index contributed by atoms with van der Waals surface area (Å²) in [6, 6.07) is 17.2. The van der Waals surface area contributed by atoms with Crippen LogP contribution in [0.1, 0.15) is 36.6 Å².